The summed E-state index contributed by atoms with van der Waals surface area (Å²) in [6.45, 7) is 16.5. The van der Waals surface area contributed by atoms with E-state index in [0.717, 1.165) is 72.7 Å². The van der Waals surface area contributed by atoms with Crippen molar-refractivity contribution in [3.63, 3.8) is 0 Å². The Morgan fingerprint density at radius 2 is 1.24 bits per heavy atom. The average molecular weight is 683 g/mol. The van der Waals surface area contributed by atoms with Gasteiger partial charge in [-0.3, -0.25) is 19.7 Å². The van der Waals surface area contributed by atoms with E-state index in [1.165, 1.54) is 0 Å². The zero-order chi connectivity index (χ0) is 32.0. The normalized spacial score (nSPS) is 10.3. The molecule has 9 heteroatoms. The summed E-state index contributed by atoms with van der Waals surface area (Å²) in [5.41, 5.74) is 5.98. The predicted molar refractivity (Wildman–Crippen MR) is 163 cm³/mol. The fourth-order valence-electron chi connectivity index (χ4n) is 4.79. The zero-order valence-corrected chi connectivity index (χ0v) is 26.6. The minimum atomic E-state index is 0. The third kappa shape index (κ3) is 12.6. The van der Waals surface area contributed by atoms with Gasteiger partial charge in [-0.15, -0.1) is 0 Å². The summed E-state index contributed by atoms with van der Waals surface area (Å²) in [7, 11) is 0. The molecule has 0 bridgehead atoms. The first-order chi connectivity index (χ1) is 21.8. The number of hydrogen-bond donors (Lipinski definition) is 0. The van der Waals surface area contributed by atoms with Crippen molar-refractivity contribution >= 4 is 11.6 Å². The maximum absolute atomic E-state index is 13.5. The number of amides is 1. The van der Waals surface area contributed by atoms with E-state index in [2.05, 4.69) is 64.9 Å². The summed E-state index contributed by atoms with van der Waals surface area (Å²) in [5, 5.41) is 0. The van der Waals surface area contributed by atoms with E-state index in [1.54, 1.807) is 0 Å². The largest absolute Gasteiger partial charge is 0 e. The molecule has 45 heavy (non-hydrogen) atoms. The first kappa shape index (κ1) is 38.6. The Labute approximate surface area is 278 Å². The molecular weight excluding hydrogens is 650 g/mol. The molecule has 0 fully saturated rings. The number of pyridine rings is 2. The Bertz CT molecular complexity index is 1510. The number of fused-ring (bicyclic) bond motifs is 2. The fraction of sp³-hybridized carbons (Fsp3) is 0.222. The number of carbonyl (C=O) groups excluding carboxylic acids is 1. The van der Waals surface area contributed by atoms with Gasteiger partial charge in [-0.1, -0.05) is 60.7 Å². The molecule has 0 N–H and O–H groups in total. The van der Waals surface area contributed by atoms with Gasteiger partial charge in [-0.25, -0.2) is 0 Å². The summed E-state index contributed by atoms with van der Waals surface area (Å²) >= 11 is 0. The minimum Gasteiger partial charge on any atom is 0 e. The van der Waals surface area contributed by atoms with Crippen LogP contribution in [0.2, 0.25) is 0 Å². The molecule has 0 atom stereocenters. The zero-order valence-electron chi connectivity index (χ0n) is 24.7. The van der Waals surface area contributed by atoms with Crippen molar-refractivity contribution in [1.29, 1.82) is 0 Å². The molecular formula is C36H32N4O4Tc. The number of aromatic nitrogens is 2. The van der Waals surface area contributed by atoms with E-state index in [-0.39, 0.29) is 26.0 Å². The van der Waals surface area contributed by atoms with Crippen molar-refractivity contribution < 1.29 is 38.9 Å². The molecule has 0 saturated carbocycles. The second-order valence-corrected chi connectivity index (χ2v) is 9.57. The molecule has 5 rings (SSSR count). The number of carbonyl (C=O) groups is 1. The number of benzene rings is 2. The molecule has 1 aliphatic rings. The smallest absolute Gasteiger partial charge is 0 e. The molecule has 1 radical (unpaired) electrons. The number of nitrogens with zero attached hydrogens (tertiary/aromatic N) is 4. The van der Waals surface area contributed by atoms with Crippen molar-refractivity contribution in [2.45, 2.75) is 45.3 Å². The molecule has 0 unspecified atom stereocenters. The van der Waals surface area contributed by atoms with Crippen molar-refractivity contribution in [1.82, 2.24) is 14.9 Å². The molecule has 227 valence electrons. The Morgan fingerprint density at radius 3 is 1.84 bits per heavy atom. The van der Waals surface area contributed by atoms with Crippen molar-refractivity contribution in [2.24, 2.45) is 0 Å². The fourth-order valence-corrected chi connectivity index (χ4v) is 4.79. The van der Waals surface area contributed by atoms with Crippen LogP contribution in [0.5, 0.6) is 0 Å². The Hall–Kier alpha value is -4.40. The molecule has 0 spiro atoms. The third-order valence-electron chi connectivity index (χ3n) is 6.76. The maximum atomic E-state index is 13.5. The van der Waals surface area contributed by atoms with E-state index in [4.69, 9.17) is 14.0 Å². The van der Waals surface area contributed by atoms with Crippen LogP contribution >= 0.6 is 0 Å². The first-order valence-corrected chi connectivity index (χ1v) is 13.9. The standard InChI is InChI=1S/C33H32N4O.3CO.Tc/c38-33(37-24-29-14-4-3-12-27(29)19-20-28-13-5-6-17-32(28)37)18-2-1-11-23-36(25-30-15-7-9-21-34-30)26-31-16-8-10-22-35-31;3*1-2;/h3-10,12-17,21-22H,1-2,11,18,23-26H2;;;;. The van der Waals surface area contributed by atoms with E-state index in [0.29, 0.717) is 13.0 Å². The third-order valence-corrected chi connectivity index (χ3v) is 6.76. The van der Waals surface area contributed by atoms with Crippen molar-refractivity contribution in [3.8, 4) is 11.8 Å². The molecule has 1 aliphatic heterocycles. The molecule has 8 nitrogen and oxygen atoms in total. The van der Waals surface area contributed by atoms with Gasteiger partial charge < -0.3 is 4.90 Å². The SMILES string of the molecule is O=C(CCCCCN(Cc1ccccn1)Cc1ccccn1)N1Cc2ccccc2C#Cc2ccccc21.[C-]#[O+].[C-]#[O+].[C-]#[O+].[Tc]. The quantitative estimate of drug-likeness (QED) is 0.0903. The molecule has 0 aliphatic carbocycles. The van der Waals surface area contributed by atoms with E-state index < -0.39 is 0 Å². The predicted octanol–water partition coefficient (Wildman–Crippen LogP) is 5.87. The van der Waals surface area contributed by atoms with Crippen molar-refractivity contribution in [3.05, 3.63) is 145 Å². The summed E-state index contributed by atoms with van der Waals surface area (Å²) in [6, 6.07) is 28.1. The van der Waals surface area contributed by atoms with E-state index in [9.17, 15) is 4.79 Å². The molecule has 4 aromatic rings. The van der Waals surface area contributed by atoms with E-state index >= 15 is 0 Å². The first-order valence-electron chi connectivity index (χ1n) is 13.9. The molecule has 0 saturated heterocycles. The van der Waals surface area contributed by atoms with Gasteiger partial charge in [0.25, 0.3) is 0 Å². The molecule has 1 amide bonds. The number of para-hydroxylation sites is 1. The maximum Gasteiger partial charge on any atom is 0 e. The summed E-state index contributed by atoms with van der Waals surface area (Å²) < 4.78 is 22.5. The van der Waals surface area contributed by atoms with Crippen LogP contribution in [0.3, 0.4) is 0 Å². The van der Waals surface area contributed by atoms with Gasteiger partial charge >= 0.3 is 33.9 Å². The minimum absolute atomic E-state index is 0. The Kier molecular flexibility index (Phi) is 19.8. The van der Waals surface area contributed by atoms with Gasteiger partial charge in [0.2, 0.25) is 5.91 Å². The summed E-state index contributed by atoms with van der Waals surface area (Å²) in [4.78, 5) is 26.8. The van der Waals surface area contributed by atoms with Gasteiger partial charge in [0, 0.05) is 63.1 Å². The van der Waals surface area contributed by atoms with Gasteiger partial charge in [0.1, 0.15) is 0 Å². The van der Waals surface area contributed by atoms with Gasteiger partial charge in [-0.05, 0) is 67.4 Å². The van der Waals surface area contributed by atoms with Crippen LogP contribution in [0.15, 0.2) is 97.3 Å². The van der Waals surface area contributed by atoms with Crippen LogP contribution < -0.4 is 4.90 Å². The van der Waals surface area contributed by atoms with Gasteiger partial charge in [0.15, 0.2) is 0 Å². The van der Waals surface area contributed by atoms with Gasteiger partial charge in [-0.2, -0.15) is 0 Å². The number of anilines is 1. The van der Waals surface area contributed by atoms with Crippen molar-refractivity contribution in [2.75, 3.05) is 11.4 Å². The number of hydrogen-bond acceptors (Lipinski definition) is 4. The molecule has 3 heterocycles. The second-order valence-electron chi connectivity index (χ2n) is 9.57. The van der Waals surface area contributed by atoms with Crippen LogP contribution in [0.25, 0.3) is 0 Å². The second kappa shape index (κ2) is 23.0. The number of unbranched alkanes of at least 4 members (excludes halogenated alkanes) is 2. The number of rotatable bonds is 10. The Morgan fingerprint density at radius 1 is 0.711 bits per heavy atom. The van der Waals surface area contributed by atoms with E-state index in [1.807, 2.05) is 84.0 Å². The van der Waals surface area contributed by atoms with Crippen LogP contribution in [-0.4, -0.2) is 27.3 Å². The van der Waals surface area contributed by atoms with Crippen LogP contribution in [-0.2, 0) is 58.5 Å². The monoisotopic (exact) mass is 681 g/mol. The van der Waals surface area contributed by atoms with Crippen LogP contribution in [0, 0.1) is 31.8 Å². The Balaban J connectivity index is 0.00000137. The average Bonchev–Trinajstić information content (AvgIpc) is 3.09. The molecule has 2 aromatic heterocycles. The van der Waals surface area contributed by atoms with Gasteiger partial charge in [0.05, 0.1) is 23.6 Å². The molecule has 2 aromatic carbocycles. The van der Waals surface area contributed by atoms with Crippen LogP contribution in [0.4, 0.5) is 5.69 Å². The van der Waals surface area contributed by atoms with Crippen LogP contribution in [0.1, 0.15) is 53.8 Å². The summed E-state index contributed by atoms with van der Waals surface area (Å²) in [5.74, 6) is 6.71. The summed E-state index contributed by atoms with van der Waals surface area (Å²) in [6.07, 6.45) is 7.05. The topological polar surface area (TPSA) is 109 Å².